The van der Waals surface area contributed by atoms with Gasteiger partial charge in [0.25, 0.3) is 0 Å². The fraction of sp³-hybridized carbons (Fsp3) is 0.944. The van der Waals surface area contributed by atoms with Crippen molar-refractivity contribution in [3.05, 3.63) is 0 Å². The molecule has 1 amide bonds. The van der Waals surface area contributed by atoms with Gasteiger partial charge in [-0.3, -0.25) is 4.79 Å². The summed E-state index contributed by atoms with van der Waals surface area (Å²) in [5.41, 5.74) is 0.515. The number of amides is 1. The minimum Gasteiger partial charge on any atom is -0.342 e. The SMILES string of the molecule is O=C(CC1CC2CCC(C1)N2)N1CCC2(CCCCC2)C1. The molecule has 3 heterocycles. The highest BCUT2D eigenvalue weighted by molar-refractivity contribution is 5.76. The molecule has 3 nitrogen and oxygen atoms in total. The maximum Gasteiger partial charge on any atom is 0.222 e. The van der Waals surface area contributed by atoms with Gasteiger partial charge in [0.15, 0.2) is 0 Å². The third-order valence-electron chi connectivity index (χ3n) is 6.74. The highest BCUT2D eigenvalue weighted by Crippen LogP contribution is 2.44. The van der Waals surface area contributed by atoms with E-state index in [9.17, 15) is 4.79 Å². The van der Waals surface area contributed by atoms with Crippen molar-refractivity contribution in [2.45, 2.75) is 82.7 Å². The summed E-state index contributed by atoms with van der Waals surface area (Å²) >= 11 is 0. The second kappa shape index (κ2) is 5.57. The Kier molecular flexibility index (Phi) is 3.72. The summed E-state index contributed by atoms with van der Waals surface area (Å²) in [6.45, 7) is 2.11. The minimum atomic E-state index is 0.462. The first-order chi connectivity index (χ1) is 10.2. The molecule has 4 aliphatic rings. The molecule has 21 heavy (non-hydrogen) atoms. The van der Waals surface area contributed by atoms with Gasteiger partial charge < -0.3 is 10.2 Å². The Morgan fingerprint density at radius 2 is 1.76 bits per heavy atom. The lowest BCUT2D eigenvalue weighted by molar-refractivity contribution is -0.132. The molecule has 4 rings (SSSR count). The average Bonchev–Trinajstić information content (AvgIpc) is 3.04. The molecule has 0 aromatic heterocycles. The van der Waals surface area contributed by atoms with Crippen LogP contribution in [0.1, 0.15) is 70.6 Å². The van der Waals surface area contributed by atoms with Crippen molar-refractivity contribution in [2.75, 3.05) is 13.1 Å². The van der Waals surface area contributed by atoms with Gasteiger partial charge in [0.1, 0.15) is 0 Å². The molecule has 1 saturated carbocycles. The van der Waals surface area contributed by atoms with Gasteiger partial charge in [-0.15, -0.1) is 0 Å². The fourth-order valence-corrected chi connectivity index (χ4v) is 5.58. The zero-order chi connectivity index (χ0) is 14.3. The van der Waals surface area contributed by atoms with Crippen molar-refractivity contribution in [1.29, 1.82) is 0 Å². The van der Waals surface area contributed by atoms with Crippen molar-refractivity contribution in [3.8, 4) is 0 Å². The first kappa shape index (κ1) is 14.0. The zero-order valence-corrected chi connectivity index (χ0v) is 13.3. The molecule has 0 radical (unpaired) electrons. The third kappa shape index (κ3) is 2.86. The molecule has 1 spiro atoms. The van der Waals surface area contributed by atoms with Gasteiger partial charge >= 0.3 is 0 Å². The van der Waals surface area contributed by atoms with Gasteiger partial charge in [-0.05, 0) is 56.3 Å². The van der Waals surface area contributed by atoms with E-state index in [1.165, 1.54) is 64.2 Å². The molecule has 3 aliphatic heterocycles. The van der Waals surface area contributed by atoms with E-state index in [0.29, 0.717) is 29.3 Å². The number of piperidine rings is 1. The predicted molar refractivity (Wildman–Crippen MR) is 84.0 cm³/mol. The molecule has 118 valence electrons. The van der Waals surface area contributed by atoms with Crippen LogP contribution in [0.2, 0.25) is 0 Å². The van der Waals surface area contributed by atoms with E-state index in [1.54, 1.807) is 0 Å². The van der Waals surface area contributed by atoms with Crippen LogP contribution in [0.25, 0.3) is 0 Å². The van der Waals surface area contributed by atoms with Gasteiger partial charge in [-0.25, -0.2) is 0 Å². The van der Waals surface area contributed by atoms with Crippen LogP contribution in [0.3, 0.4) is 0 Å². The van der Waals surface area contributed by atoms with Crippen LogP contribution in [-0.2, 0) is 4.79 Å². The lowest BCUT2D eigenvalue weighted by atomic mass is 9.73. The zero-order valence-electron chi connectivity index (χ0n) is 13.3. The molecule has 0 aromatic rings. The normalized spacial score (nSPS) is 38.1. The van der Waals surface area contributed by atoms with Crippen molar-refractivity contribution >= 4 is 5.91 Å². The molecular weight excluding hydrogens is 260 g/mol. The summed E-state index contributed by atoms with van der Waals surface area (Å²) in [4.78, 5) is 14.9. The van der Waals surface area contributed by atoms with Gasteiger partial charge in [0, 0.05) is 31.6 Å². The molecule has 2 bridgehead atoms. The van der Waals surface area contributed by atoms with E-state index in [4.69, 9.17) is 0 Å². The first-order valence-electron chi connectivity index (χ1n) is 9.26. The summed E-state index contributed by atoms with van der Waals surface area (Å²) in [5.74, 6) is 1.11. The average molecular weight is 290 g/mol. The van der Waals surface area contributed by atoms with Crippen molar-refractivity contribution < 1.29 is 4.79 Å². The Morgan fingerprint density at radius 1 is 1.05 bits per heavy atom. The summed E-state index contributed by atoms with van der Waals surface area (Å²) in [6.07, 6.45) is 14.2. The molecule has 3 heteroatoms. The molecule has 0 aromatic carbocycles. The lowest BCUT2D eigenvalue weighted by Gasteiger charge is -2.34. The Balaban J connectivity index is 1.31. The van der Waals surface area contributed by atoms with Crippen LogP contribution in [0.5, 0.6) is 0 Å². The number of nitrogens with zero attached hydrogens (tertiary/aromatic N) is 1. The van der Waals surface area contributed by atoms with E-state index in [-0.39, 0.29) is 0 Å². The summed E-state index contributed by atoms with van der Waals surface area (Å²) in [6, 6.07) is 1.43. The Morgan fingerprint density at radius 3 is 2.48 bits per heavy atom. The number of fused-ring (bicyclic) bond motifs is 2. The molecule has 4 fully saturated rings. The van der Waals surface area contributed by atoms with Crippen LogP contribution < -0.4 is 5.32 Å². The number of nitrogens with one attached hydrogen (secondary N) is 1. The molecule has 3 saturated heterocycles. The number of rotatable bonds is 2. The maximum absolute atomic E-state index is 12.7. The highest BCUT2D eigenvalue weighted by Gasteiger charge is 2.41. The van der Waals surface area contributed by atoms with Crippen LogP contribution in [0, 0.1) is 11.3 Å². The number of likely N-dealkylation sites (tertiary alicyclic amines) is 1. The number of hydrogen-bond donors (Lipinski definition) is 1. The van der Waals surface area contributed by atoms with Crippen molar-refractivity contribution in [3.63, 3.8) is 0 Å². The number of carbonyl (C=O) groups is 1. The van der Waals surface area contributed by atoms with Crippen LogP contribution >= 0.6 is 0 Å². The molecule has 1 aliphatic carbocycles. The summed E-state index contributed by atoms with van der Waals surface area (Å²) < 4.78 is 0. The molecule has 1 N–H and O–H groups in total. The summed E-state index contributed by atoms with van der Waals surface area (Å²) in [5, 5.41) is 3.68. The highest BCUT2D eigenvalue weighted by atomic mass is 16.2. The van der Waals surface area contributed by atoms with Crippen molar-refractivity contribution in [2.24, 2.45) is 11.3 Å². The van der Waals surface area contributed by atoms with E-state index < -0.39 is 0 Å². The van der Waals surface area contributed by atoms with E-state index in [0.717, 1.165) is 19.5 Å². The molecular formula is C18H30N2O. The van der Waals surface area contributed by atoms with Crippen molar-refractivity contribution in [1.82, 2.24) is 10.2 Å². The Hall–Kier alpha value is -0.570. The molecule has 2 unspecified atom stereocenters. The van der Waals surface area contributed by atoms with Gasteiger partial charge in [-0.1, -0.05) is 19.3 Å². The summed E-state index contributed by atoms with van der Waals surface area (Å²) in [7, 11) is 0. The predicted octanol–water partition coefficient (Wildman–Crippen LogP) is 3.09. The van der Waals surface area contributed by atoms with Crippen LogP contribution in [-0.4, -0.2) is 36.0 Å². The van der Waals surface area contributed by atoms with Gasteiger partial charge in [0.2, 0.25) is 5.91 Å². The monoisotopic (exact) mass is 290 g/mol. The van der Waals surface area contributed by atoms with Gasteiger partial charge in [-0.2, -0.15) is 0 Å². The van der Waals surface area contributed by atoms with E-state index in [2.05, 4.69) is 10.2 Å². The van der Waals surface area contributed by atoms with E-state index >= 15 is 0 Å². The fourth-order valence-electron chi connectivity index (χ4n) is 5.58. The largest absolute Gasteiger partial charge is 0.342 e. The minimum absolute atomic E-state index is 0.462. The third-order valence-corrected chi connectivity index (χ3v) is 6.74. The van der Waals surface area contributed by atoms with Gasteiger partial charge in [0.05, 0.1) is 0 Å². The lowest BCUT2D eigenvalue weighted by Crippen LogP contribution is -2.40. The Bertz CT molecular complexity index is 390. The smallest absolute Gasteiger partial charge is 0.222 e. The van der Waals surface area contributed by atoms with Crippen LogP contribution in [0.15, 0.2) is 0 Å². The Labute approximate surface area is 128 Å². The molecule has 2 atom stereocenters. The number of hydrogen-bond acceptors (Lipinski definition) is 2. The van der Waals surface area contributed by atoms with Crippen LogP contribution in [0.4, 0.5) is 0 Å². The standard InChI is InChI=1S/C18H30N2O/c21-17(12-14-10-15-4-5-16(11-14)19-15)20-9-8-18(13-20)6-2-1-3-7-18/h14-16,19H,1-13H2. The second-order valence-corrected chi connectivity index (χ2v) is 8.31. The number of carbonyl (C=O) groups excluding carboxylic acids is 1. The topological polar surface area (TPSA) is 32.3 Å². The quantitative estimate of drug-likeness (QED) is 0.847. The van der Waals surface area contributed by atoms with E-state index in [1.807, 2.05) is 0 Å². The maximum atomic E-state index is 12.7. The first-order valence-corrected chi connectivity index (χ1v) is 9.26. The second-order valence-electron chi connectivity index (χ2n) is 8.31.